The second-order valence-corrected chi connectivity index (χ2v) is 5.06. The SMILES string of the molecule is C[C@H](N)c1cc(F)ccc1Oc1cc(Br)ccc1F. The summed E-state index contributed by atoms with van der Waals surface area (Å²) in [7, 11) is 0. The van der Waals surface area contributed by atoms with Gasteiger partial charge in [-0.2, -0.15) is 0 Å². The second kappa shape index (κ2) is 5.67. The van der Waals surface area contributed by atoms with Gasteiger partial charge in [-0.1, -0.05) is 15.9 Å². The van der Waals surface area contributed by atoms with E-state index < -0.39 is 17.7 Å². The normalized spacial score (nSPS) is 12.3. The molecule has 2 nitrogen and oxygen atoms in total. The Hall–Kier alpha value is -1.46. The highest BCUT2D eigenvalue weighted by molar-refractivity contribution is 9.10. The minimum Gasteiger partial charge on any atom is -0.454 e. The molecule has 2 aromatic carbocycles. The van der Waals surface area contributed by atoms with Gasteiger partial charge in [0.2, 0.25) is 0 Å². The van der Waals surface area contributed by atoms with Crippen molar-refractivity contribution in [2.75, 3.05) is 0 Å². The lowest BCUT2D eigenvalue weighted by molar-refractivity contribution is 0.433. The van der Waals surface area contributed by atoms with Gasteiger partial charge in [0.15, 0.2) is 11.6 Å². The zero-order valence-corrected chi connectivity index (χ0v) is 11.7. The summed E-state index contributed by atoms with van der Waals surface area (Å²) in [6.45, 7) is 1.71. The largest absolute Gasteiger partial charge is 0.454 e. The number of rotatable bonds is 3. The first-order valence-corrected chi connectivity index (χ1v) is 6.44. The molecule has 0 saturated carbocycles. The van der Waals surface area contributed by atoms with Crippen LogP contribution in [0.5, 0.6) is 11.5 Å². The van der Waals surface area contributed by atoms with Crippen LogP contribution >= 0.6 is 15.9 Å². The van der Waals surface area contributed by atoms with E-state index in [0.29, 0.717) is 15.8 Å². The molecule has 0 spiro atoms. The van der Waals surface area contributed by atoms with Gasteiger partial charge in [0, 0.05) is 16.1 Å². The van der Waals surface area contributed by atoms with Crippen molar-refractivity contribution in [2.45, 2.75) is 13.0 Å². The highest BCUT2D eigenvalue weighted by Gasteiger charge is 2.12. The Morgan fingerprint density at radius 1 is 1.11 bits per heavy atom. The average molecular weight is 328 g/mol. The maximum absolute atomic E-state index is 13.6. The van der Waals surface area contributed by atoms with E-state index in [1.165, 1.54) is 30.3 Å². The summed E-state index contributed by atoms with van der Waals surface area (Å²) >= 11 is 3.24. The molecule has 0 aliphatic carbocycles. The van der Waals surface area contributed by atoms with Crippen LogP contribution in [0, 0.1) is 11.6 Å². The summed E-state index contributed by atoms with van der Waals surface area (Å²) < 4.78 is 33.0. The lowest BCUT2D eigenvalue weighted by atomic mass is 10.1. The van der Waals surface area contributed by atoms with Crippen LogP contribution in [-0.2, 0) is 0 Å². The van der Waals surface area contributed by atoms with Gasteiger partial charge in [-0.05, 0) is 43.3 Å². The summed E-state index contributed by atoms with van der Waals surface area (Å²) in [6, 6.07) is 7.92. The summed E-state index contributed by atoms with van der Waals surface area (Å²) in [4.78, 5) is 0. The van der Waals surface area contributed by atoms with E-state index in [2.05, 4.69) is 15.9 Å². The zero-order chi connectivity index (χ0) is 14.0. The van der Waals surface area contributed by atoms with Crippen molar-refractivity contribution in [1.29, 1.82) is 0 Å². The Bertz CT molecular complexity index is 602. The maximum atomic E-state index is 13.6. The minimum atomic E-state index is -0.497. The molecule has 100 valence electrons. The quantitative estimate of drug-likeness (QED) is 0.898. The van der Waals surface area contributed by atoms with E-state index in [1.807, 2.05) is 0 Å². The van der Waals surface area contributed by atoms with Crippen LogP contribution in [-0.4, -0.2) is 0 Å². The third-order valence-electron chi connectivity index (χ3n) is 2.58. The molecule has 0 aliphatic rings. The first kappa shape index (κ1) is 14.0. The molecule has 0 aliphatic heterocycles. The van der Waals surface area contributed by atoms with Gasteiger partial charge in [-0.15, -0.1) is 0 Å². The molecule has 0 amide bonds. The molecule has 0 heterocycles. The molecule has 0 unspecified atom stereocenters. The molecule has 19 heavy (non-hydrogen) atoms. The molecule has 0 radical (unpaired) electrons. The fourth-order valence-electron chi connectivity index (χ4n) is 1.64. The maximum Gasteiger partial charge on any atom is 0.165 e. The number of hydrogen-bond donors (Lipinski definition) is 1. The fourth-order valence-corrected chi connectivity index (χ4v) is 1.98. The predicted molar refractivity (Wildman–Crippen MR) is 73.2 cm³/mol. The Morgan fingerprint density at radius 2 is 1.84 bits per heavy atom. The summed E-state index contributed by atoms with van der Waals surface area (Å²) in [5.74, 6) is -0.506. The molecule has 2 aromatic rings. The van der Waals surface area contributed by atoms with E-state index in [-0.39, 0.29) is 5.75 Å². The molecule has 2 N–H and O–H groups in total. The van der Waals surface area contributed by atoms with Gasteiger partial charge >= 0.3 is 0 Å². The molecule has 0 fully saturated rings. The lowest BCUT2D eigenvalue weighted by Gasteiger charge is -2.14. The van der Waals surface area contributed by atoms with Gasteiger partial charge in [0.05, 0.1) is 0 Å². The van der Waals surface area contributed by atoms with Crippen molar-refractivity contribution < 1.29 is 13.5 Å². The molecular weight excluding hydrogens is 316 g/mol. The monoisotopic (exact) mass is 327 g/mol. The molecule has 5 heteroatoms. The third kappa shape index (κ3) is 3.30. The van der Waals surface area contributed by atoms with Crippen molar-refractivity contribution >= 4 is 15.9 Å². The van der Waals surface area contributed by atoms with E-state index in [0.717, 1.165) is 0 Å². The van der Waals surface area contributed by atoms with Crippen molar-refractivity contribution in [3.8, 4) is 11.5 Å². The summed E-state index contributed by atoms with van der Waals surface area (Å²) in [5.41, 5.74) is 6.24. The van der Waals surface area contributed by atoms with Gasteiger partial charge < -0.3 is 10.5 Å². The van der Waals surface area contributed by atoms with Gasteiger partial charge in [-0.25, -0.2) is 8.78 Å². The van der Waals surface area contributed by atoms with Crippen LogP contribution in [0.3, 0.4) is 0 Å². The number of benzene rings is 2. The smallest absolute Gasteiger partial charge is 0.165 e. The van der Waals surface area contributed by atoms with Crippen LogP contribution in [0.2, 0.25) is 0 Å². The van der Waals surface area contributed by atoms with E-state index in [4.69, 9.17) is 10.5 Å². The first-order chi connectivity index (χ1) is 8.97. The standard InChI is InChI=1S/C14H12BrF2NO/c1-8(18)11-7-10(16)3-5-13(11)19-14-6-9(15)2-4-12(14)17/h2-8H,18H2,1H3/t8-/m0/s1. The second-order valence-electron chi connectivity index (χ2n) is 4.15. The van der Waals surface area contributed by atoms with Crippen molar-refractivity contribution in [3.05, 3.63) is 58.1 Å². The molecule has 1 atom stereocenters. The van der Waals surface area contributed by atoms with Gasteiger partial charge in [0.1, 0.15) is 11.6 Å². The minimum absolute atomic E-state index is 0.0582. The fraction of sp³-hybridized carbons (Fsp3) is 0.143. The predicted octanol–water partition coefficient (Wildman–Crippen LogP) is 4.54. The summed E-state index contributed by atoms with van der Waals surface area (Å²) in [6.07, 6.45) is 0. The Kier molecular flexibility index (Phi) is 4.17. The van der Waals surface area contributed by atoms with Crippen LogP contribution in [0.25, 0.3) is 0 Å². The van der Waals surface area contributed by atoms with Crippen LogP contribution in [0.4, 0.5) is 8.78 Å². The van der Waals surface area contributed by atoms with Crippen LogP contribution in [0.1, 0.15) is 18.5 Å². The Morgan fingerprint density at radius 3 is 2.53 bits per heavy atom. The number of nitrogens with two attached hydrogens (primary N) is 1. The lowest BCUT2D eigenvalue weighted by Crippen LogP contribution is -2.07. The average Bonchev–Trinajstić information content (AvgIpc) is 2.35. The molecular formula is C14H12BrF2NO. The molecule has 0 aromatic heterocycles. The first-order valence-electron chi connectivity index (χ1n) is 5.65. The van der Waals surface area contributed by atoms with E-state index in [9.17, 15) is 8.78 Å². The molecule has 0 bridgehead atoms. The number of ether oxygens (including phenoxy) is 1. The highest BCUT2D eigenvalue weighted by Crippen LogP contribution is 2.32. The van der Waals surface area contributed by atoms with Crippen LogP contribution < -0.4 is 10.5 Å². The number of hydrogen-bond acceptors (Lipinski definition) is 2. The zero-order valence-electron chi connectivity index (χ0n) is 10.2. The van der Waals surface area contributed by atoms with Gasteiger partial charge in [-0.3, -0.25) is 0 Å². The Balaban J connectivity index is 2.40. The van der Waals surface area contributed by atoms with Crippen molar-refractivity contribution in [3.63, 3.8) is 0 Å². The highest BCUT2D eigenvalue weighted by atomic mass is 79.9. The molecule has 0 saturated heterocycles. The van der Waals surface area contributed by atoms with Crippen molar-refractivity contribution in [2.24, 2.45) is 5.73 Å². The molecule has 2 rings (SSSR count). The van der Waals surface area contributed by atoms with Crippen molar-refractivity contribution in [1.82, 2.24) is 0 Å². The number of halogens is 3. The van der Waals surface area contributed by atoms with Gasteiger partial charge in [0.25, 0.3) is 0 Å². The summed E-state index contributed by atoms with van der Waals surface area (Å²) in [5, 5.41) is 0. The van der Waals surface area contributed by atoms with Crippen LogP contribution in [0.15, 0.2) is 40.9 Å². The third-order valence-corrected chi connectivity index (χ3v) is 3.07. The topological polar surface area (TPSA) is 35.2 Å². The van der Waals surface area contributed by atoms with E-state index >= 15 is 0 Å². The van der Waals surface area contributed by atoms with E-state index in [1.54, 1.807) is 13.0 Å². The Labute approximate surface area is 118 Å².